The van der Waals surface area contributed by atoms with Crippen LogP contribution in [0, 0.1) is 5.82 Å². The van der Waals surface area contributed by atoms with Gasteiger partial charge in [-0.1, -0.05) is 35.9 Å². The van der Waals surface area contributed by atoms with Crippen molar-refractivity contribution in [1.82, 2.24) is 0 Å². The van der Waals surface area contributed by atoms with Crippen molar-refractivity contribution in [2.75, 3.05) is 0 Å². The molecule has 0 bridgehead atoms. The van der Waals surface area contributed by atoms with Crippen LogP contribution in [0.4, 0.5) is 4.39 Å². The van der Waals surface area contributed by atoms with E-state index in [1.807, 2.05) is 6.07 Å². The van der Waals surface area contributed by atoms with Gasteiger partial charge in [0, 0.05) is 5.56 Å². The van der Waals surface area contributed by atoms with Crippen molar-refractivity contribution in [3.05, 3.63) is 57.9 Å². The third-order valence-corrected chi connectivity index (χ3v) is 5.18. The predicted molar refractivity (Wildman–Crippen MR) is 87.5 cm³/mol. The first-order chi connectivity index (χ1) is 10.7. The molecule has 0 heterocycles. The largest absolute Gasteiger partial charge is 0.231 e. The molecule has 0 unspecified atom stereocenters. The number of aryl methyl sites for hydroxylation is 2. The summed E-state index contributed by atoms with van der Waals surface area (Å²) in [6.45, 7) is -0.511. The molecule has 0 N–H and O–H groups in total. The molecule has 0 saturated carbocycles. The average Bonchev–Trinajstić information content (AvgIpc) is 2.55. The lowest BCUT2D eigenvalue weighted by Gasteiger charge is -2.19. The van der Waals surface area contributed by atoms with Gasteiger partial charge in [-0.3, -0.25) is 0 Å². The Labute approximate surface area is 133 Å². The summed E-state index contributed by atoms with van der Waals surface area (Å²) >= 11 is 6.04. The van der Waals surface area contributed by atoms with Crippen molar-refractivity contribution in [3.63, 3.8) is 0 Å². The minimum absolute atomic E-state index is 0.0345. The predicted octanol–water partition coefficient (Wildman–Crippen LogP) is 5.59. The monoisotopic (exact) mass is 313 g/mol. The van der Waals surface area contributed by atoms with Crippen molar-refractivity contribution in [1.29, 1.82) is 0 Å². The van der Waals surface area contributed by atoms with Gasteiger partial charge in [-0.05, 0) is 64.4 Å². The van der Waals surface area contributed by atoms with Crippen molar-refractivity contribution < 1.29 is 9.50 Å². The van der Waals surface area contributed by atoms with E-state index >= 15 is 0 Å². The summed E-state index contributed by atoms with van der Waals surface area (Å²) in [4.78, 5) is 0. The van der Waals surface area contributed by atoms with E-state index < -0.39 is 12.4 Å². The van der Waals surface area contributed by atoms with Gasteiger partial charge in [0.1, 0.15) is 12.4 Å². The normalized spacial score (nSPS) is 14.5. The second-order valence-electron chi connectivity index (χ2n) is 5.96. The highest BCUT2D eigenvalue weighted by molar-refractivity contribution is 6.33. The van der Waals surface area contributed by atoms with Crippen LogP contribution < -0.4 is 0 Å². The zero-order valence-electron chi connectivity index (χ0n) is 12.1. The Morgan fingerprint density at radius 1 is 1.05 bits per heavy atom. The average molecular weight is 314 g/mol. The van der Waals surface area contributed by atoms with E-state index in [1.54, 1.807) is 0 Å². The van der Waals surface area contributed by atoms with Gasteiger partial charge in [0.25, 0.3) is 0 Å². The Balaban J connectivity index is 2.17. The second kappa shape index (κ2) is 5.22. The van der Waals surface area contributed by atoms with Crippen LogP contribution in [-0.2, 0) is 24.6 Å². The molecule has 0 atom stereocenters. The Hall–Kier alpha value is -1.64. The van der Waals surface area contributed by atoms with E-state index in [4.69, 9.17) is 11.6 Å². The lowest BCUT2D eigenvalue weighted by molar-refractivity contribution is 0.178. The van der Waals surface area contributed by atoms with E-state index in [2.05, 4.69) is 18.2 Å². The zero-order chi connectivity index (χ0) is 15.3. The van der Waals surface area contributed by atoms with Gasteiger partial charge in [0.05, 0.1) is 5.02 Å². The van der Waals surface area contributed by atoms with E-state index in [0.29, 0.717) is 5.56 Å². The van der Waals surface area contributed by atoms with Crippen LogP contribution in [0.2, 0.25) is 5.02 Å². The molecule has 1 nitrogen and oxygen atoms in total. The molecule has 3 heteroatoms. The zero-order valence-corrected chi connectivity index (χ0v) is 12.8. The molecule has 22 heavy (non-hydrogen) atoms. The number of benzene rings is 3. The first kappa shape index (κ1) is 14.0. The van der Waals surface area contributed by atoms with Crippen LogP contribution in [0.15, 0.2) is 30.3 Å². The van der Waals surface area contributed by atoms with E-state index in [-0.39, 0.29) is 5.02 Å². The summed E-state index contributed by atoms with van der Waals surface area (Å²) in [6, 6.07) is 9.61. The fourth-order valence-electron chi connectivity index (χ4n) is 3.72. The minimum Gasteiger partial charge on any atom is -0.231 e. The van der Waals surface area contributed by atoms with Gasteiger partial charge >= 0.3 is 0 Å². The molecular weight excluding hydrogens is 299 g/mol. The molecule has 3 aromatic carbocycles. The van der Waals surface area contributed by atoms with Gasteiger partial charge in [-0.25, -0.2) is 9.50 Å². The van der Waals surface area contributed by atoms with E-state index in [1.165, 1.54) is 35.4 Å². The lowest BCUT2D eigenvalue weighted by atomic mass is 9.86. The van der Waals surface area contributed by atoms with Crippen LogP contribution in [0.3, 0.4) is 0 Å². The number of rotatable bonds is 1. The number of halogens is 2. The molecular formula is C19H15ClFO. The van der Waals surface area contributed by atoms with Crippen LogP contribution >= 0.6 is 11.6 Å². The van der Waals surface area contributed by atoms with Crippen LogP contribution in [0.25, 0.3) is 21.5 Å². The molecule has 0 saturated heterocycles. The van der Waals surface area contributed by atoms with Crippen LogP contribution in [0.5, 0.6) is 0 Å². The summed E-state index contributed by atoms with van der Waals surface area (Å²) in [5.74, 6) is -0.516. The Morgan fingerprint density at radius 2 is 1.82 bits per heavy atom. The minimum atomic E-state index is -0.516. The summed E-state index contributed by atoms with van der Waals surface area (Å²) < 4.78 is 13.9. The van der Waals surface area contributed by atoms with Gasteiger partial charge < -0.3 is 0 Å². The fourth-order valence-corrected chi connectivity index (χ4v) is 3.93. The summed E-state index contributed by atoms with van der Waals surface area (Å²) in [7, 11) is 0. The third-order valence-electron chi connectivity index (χ3n) is 4.77. The molecule has 0 fully saturated rings. The molecule has 1 aliphatic carbocycles. The molecule has 1 radical (unpaired) electrons. The summed E-state index contributed by atoms with van der Waals surface area (Å²) in [5.41, 5.74) is 3.15. The Bertz CT molecular complexity index is 901. The fraction of sp³-hybridized carbons (Fsp3) is 0.263. The molecule has 0 spiro atoms. The highest BCUT2D eigenvalue weighted by Crippen LogP contribution is 2.37. The van der Waals surface area contributed by atoms with Gasteiger partial charge in [-0.2, -0.15) is 0 Å². The highest BCUT2D eigenvalue weighted by atomic mass is 35.5. The summed E-state index contributed by atoms with van der Waals surface area (Å²) in [5, 5.41) is 15.3. The van der Waals surface area contributed by atoms with Crippen molar-refractivity contribution in [3.8, 4) is 0 Å². The van der Waals surface area contributed by atoms with Gasteiger partial charge in [0.2, 0.25) is 0 Å². The topological polar surface area (TPSA) is 19.9 Å². The second-order valence-corrected chi connectivity index (χ2v) is 6.34. The summed E-state index contributed by atoms with van der Waals surface area (Å²) in [6.07, 6.45) is 4.61. The van der Waals surface area contributed by atoms with Crippen molar-refractivity contribution in [2.24, 2.45) is 0 Å². The Morgan fingerprint density at radius 3 is 2.64 bits per heavy atom. The molecule has 1 aliphatic rings. The van der Waals surface area contributed by atoms with Crippen molar-refractivity contribution in [2.45, 2.75) is 32.3 Å². The molecule has 0 aromatic heterocycles. The maximum absolute atomic E-state index is 13.9. The molecule has 111 valence electrons. The quantitative estimate of drug-likeness (QED) is 0.521. The van der Waals surface area contributed by atoms with Crippen LogP contribution in [-0.4, -0.2) is 0 Å². The first-order valence-corrected chi connectivity index (χ1v) is 8.00. The third kappa shape index (κ3) is 1.94. The van der Waals surface area contributed by atoms with Gasteiger partial charge in [0.15, 0.2) is 0 Å². The first-order valence-electron chi connectivity index (χ1n) is 7.63. The van der Waals surface area contributed by atoms with E-state index in [9.17, 15) is 9.50 Å². The maximum atomic E-state index is 13.9. The standard InChI is InChI=1S/C19H15ClFO/c20-19-16(10-22)18-12(9-17(19)21)6-7-14-13-4-2-1-3-11(13)5-8-15(14)18/h5-9H,1-4,10H2. The smallest absolute Gasteiger partial charge is 0.142 e. The van der Waals surface area contributed by atoms with Gasteiger partial charge in [-0.15, -0.1) is 0 Å². The SMILES string of the molecule is [O]Cc1c(Cl)c(F)cc2ccc3c4c(ccc3c12)CCCC4. The number of fused-ring (bicyclic) bond motifs is 5. The molecule has 0 aliphatic heterocycles. The number of hydrogen-bond acceptors (Lipinski definition) is 0. The number of hydrogen-bond donors (Lipinski definition) is 0. The van der Waals surface area contributed by atoms with E-state index in [0.717, 1.165) is 29.0 Å². The molecule has 4 rings (SSSR count). The molecule has 0 amide bonds. The Kier molecular flexibility index (Phi) is 3.32. The van der Waals surface area contributed by atoms with Crippen molar-refractivity contribution >= 4 is 33.1 Å². The molecule has 3 aromatic rings. The maximum Gasteiger partial charge on any atom is 0.142 e. The highest BCUT2D eigenvalue weighted by Gasteiger charge is 2.17. The van der Waals surface area contributed by atoms with Crippen LogP contribution in [0.1, 0.15) is 29.5 Å². The lowest BCUT2D eigenvalue weighted by Crippen LogP contribution is -2.03.